The van der Waals surface area contributed by atoms with E-state index in [1.807, 2.05) is 18.2 Å². The molecule has 4 nitrogen and oxygen atoms in total. The van der Waals surface area contributed by atoms with Gasteiger partial charge in [-0.15, -0.1) is 0 Å². The van der Waals surface area contributed by atoms with Crippen LogP contribution < -0.4 is 0 Å². The number of carboxylic acid groups (broad SMARTS) is 1. The van der Waals surface area contributed by atoms with Crippen LogP contribution in [0.2, 0.25) is 5.02 Å². The van der Waals surface area contributed by atoms with Gasteiger partial charge in [0.25, 0.3) is 5.90 Å². The molecule has 78 valence electrons. The Morgan fingerprint density at radius 3 is 2.87 bits per heavy atom. The highest BCUT2D eigenvalue weighted by molar-refractivity contribution is 6.32. The van der Waals surface area contributed by atoms with Gasteiger partial charge in [-0.3, -0.25) is 0 Å². The maximum atomic E-state index is 10.6. The van der Waals surface area contributed by atoms with Gasteiger partial charge >= 0.3 is 5.97 Å². The normalized spacial score (nSPS) is 19.5. The molecule has 0 saturated carbocycles. The highest BCUT2D eigenvalue weighted by atomic mass is 35.5. The molecule has 1 aliphatic rings. The largest absolute Gasteiger partial charge is 0.474 e. The van der Waals surface area contributed by atoms with E-state index >= 15 is 0 Å². The minimum absolute atomic E-state index is 0.228. The van der Waals surface area contributed by atoms with Crippen LogP contribution in [0, 0.1) is 0 Å². The molecule has 1 N–H and O–H groups in total. The lowest BCUT2D eigenvalue weighted by molar-refractivity contribution is -0.130. The zero-order valence-corrected chi connectivity index (χ0v) is 8.44. The summed E-state index contributed by atoms with van der Waals surface area (Å²) in [6.07, 6.45) is 0. The molecule has 0 spiro atoms. The molecule has 0 aliphatic carbocycles. The van der Waals surface area contributed by atoms with Gasteiger partial charge in [0.1, 0.15) is 12.6 Å². The van der Waals surface area contributed by atoms with Crippen molar-refractivity contribution in [3.05, 3.63) is 34.9 Å². The molecule has 1 heterocycles. The summed E-state index contributed by atoms with van der Waals surface area (Å²) in [4.78, 5) is 14.5. The summed E-state index contributed by atoms with van der Waals surface area (Å²) >= 11 is 5.96. The first-order valence-corrected chi connectivity index (χ1v) is 4.74. The van der Waals surface area contributed by atoms with Crippen LogP contribution in [0.25, 0.3) is 0 Å². The number of halogens is 1. The van der Waals surface area contributed by atoms with Crippen molar-refractivity contribution in [2.45, 2.75) is 6.04 Å². The lowest BCUT2D eigenvalue weighted by atomic mass is 10.1. The summed E-state index contributed by atoms with van der Waals surface area (Å²) in [5, 5.41) is 9.23. The number of nitrogens with zero attached hydrogens (tertiary/aromatic N) is 1. The van der Waals surface area contributed by atoms with Crippen LogP contribution in [0.4, 0.5) is 0 Å². The van der Waals surface area contributed by atoms with Gasteiger partial charge in [0.15, 0.2) is 0 Å². The maximum Gasteiger partial charge on any atom is 0.391 e. The molecule has 1 aromatic carbocycles. The van der Waals surface area contributed by atoms with Gasteiger partial charge in [-0.25, -0.2) is 9.79 Å². The van der Waals surface area contributed by atoms with Gasteiger partial charge < -0.3 is 9.84 Å². The van der Waals surface area contributed by atoms with E-state index in [4.69, 9.17) is 21.4 Å². The molecule has 1 unspecified atom stereocenters. The summed E-state index contributed by atoms with van der Waals surface area (Å²) in [7, 11) is 0. The molecular weight excluding hydrogens is 218 g/mol. The fourth-order valence-electron chi connectivity index (χ4n) is 1.40. The Kier molecular flexibility index (Phi) is 2.60. The summed E-state index contributed by atoms with van der Waals surface area (Å²) in [5.74, 6) is -1.40. The Morgan fingerprint density at radius 2 is 2.27 bits per heavy atom. The fourth-order valence-corrected chi connectivity index (χ4v) is 1.66. The van der Waals surface area contributed by atoms with Gasteiger partial charge in [-0.2, -0.15) is 0 Å². The van der Waals surface area contributed by atoms with Crippen LogP contribution in [0.3, 0.4) is 0 Å². The average molecular weight is 226 g/mol. The Labute approximate surface area is 91.2 Å². The number of carbonyl (C=O) groups is 1. The number of carboxylic acids is 1. The lowest BCUT2D eigenvalue weighted by Gasteiger charge is -2.06. The zero-order valence-electron chi connectivity index (χ0n) is 7.68. The fraction of sp³-hybridized carbons (Fsp3) is 0.200. The maximum absolute atomic E-state index is 10.6. The Bertz CT molecular complexity index is 430. The number of hydrogen-bond donors (Lipinski definition) is 1. The molecule has 0 radical (unpaired) electrons. The van der Waals surface area contributed by atoms with Gasteiger partial charge in [0.2, 0.25) is 0 Å². The van der Waals surface area contributed by atoms with Crippen molar-refractivity contribution in [1.29, 1.82) is 0 Å². The van der Waals surface area contributed by atoms with E-state index in [0.717, 1.165) is 5.56 Å². The van der Waals surface area contributed by atoms with Crippen LogP contribution in [0.1, 0.15) is 11.6 Å². The predicted molar refractivity (Wildman–Crippen MR) is 55.2 cm³/mol. The zero-order chi connectivity index (χ0) is 10.8. The van der Waals surface area contributed by atoms with Crippen molar-refractivity contribution in [1.82, 2.24) is 0 Å². The van der Waals surface area contributed by atoms with Crippen LogP contribution in [-0.4, -0.2) is 23.6 Å². The smallest absolute Gasteiger partial charge is 0.391 e. The minimum Gasteiger partial charge on any atom is -0.474 e. The van der Waals surface area contributed by atoms with Crippen LogP contribution in [0.5, 0.6) is 0 Å². The molecule has 1 atom stereocenters. The molecule has 15 heavy (non-hydrogen) atoms. The molecular formula is C10H8ClNO3. The number of benzene rings is 1. The molecule has 0 saturated heterocycles. The first-order valence-electron chi connectivity index (χ1n) is 4.37. The van der Waals surface area contributed by atoms with Crippen molar-refractivity contribution in [2.75, 3.05) is 6.61 Å². The summed E-state index contributed by atoms with van der Waals surface area (Å²) in [6.45, 7) is 0.228. The lowest BCUT2D eigenvalue weighted by Crippen LogP contribution is -2.12. The van der Waals surface area contributed by atoms with Crippen LogP contribution in [0.15, 0.2) is 29.3 Å². The molecule has 0 aromatic heterocycles. The van der Waals surface area contributed by atoms with Crippen molar-refractivity contribution < 1.29 is 14.6 Å². The molecule has 0 bridgehead atoms. The minimum atomic E-state index is -1.15. The van der Waals surface area contributed by atoms with E-state index in [1.165, 1.54) is 0 Å². The second-order valence-electron chi connectivity index (χ2n) is 3.09. The Balaban J connectivity index is 2.28. The second-order valence-corrected chi connectivity index (χ2v) is 3.49. The van der Waals surface area contributed by atoms with Crippen molar-refractivity contribution in [3.8, 4) is 0 Å². The van der Waals surface area contributed by atoms with E-state index in [9.17, 15) is 4.79 Å². The van der Waals surface area contributed by atoms with E-state index in [0.29, 0.717) is 5.02 Å². The summed E-state index contributed by atoms with van der Waals surface area (Å²) < 4.78 is 4.93. The van der Waals surface area contributed by atoms with E-state index in [2.05, 4.69) is 4.99 Å². The highest BCUT2D eigenvalue weighted by Gasteiger charge is 2.26. The SMILES string of the molecule is O=C(O)C1=NC(c2ccccc2Cl)CO1. The monoisotopic (exact) mass is 225 g/mol. The number of ether oxygens (including phenoxy) is 1. The third-order valence-electron chi connectivity index (χ3n) is 2.10. The molecule has 0 fully saturated rings. The molecule has 2 rings (SSSR count). The van der Waals surface area contributed by atoms with Gasteiger partial charge in [0, 0.05) is 5.02 Å². The van der Waals surface area contributed by atoms with Crippen molar-refractivity contribution in [3.63, 3.8) is 0 Å². The van der Waals surface area contributed by atoms with Crippen LogP contribution >= 0.6 is 11.6 Å². The van der Waals surface area contributed by atoms with Crippen molar-refractivity contribution in [2.24, 2.45) is 4.99 Å². The quantitative estimate of drug-likeness (QED) is 0.836. The average Bonchev–Trinajstić information content (AvgIpc) is 2.67. The number of aliphatic carboxylic acids is 1. The summed E-state index contributed by atoms with van der Waals surface area (Å²) in [5.41, 5.74) is 0.787. The molecule has 5 heteroatoms. The van der Waals surface area contributed by atoms with E-state index in [1.54, 1.807) is 6.07 Å². The van der Waals surface area contributed by atoms with Gasteiger partial charge in [-0.05, 0) is 11.6 Å². The topological polar surface area (TPSA) is 58.9 Å². The van der Waals surface area contributed by atoms with Crippen molar-refractivity contribution >= 4 is 23.5 Å². The number of rotatable bonds is 2. The first-order chi connectivity index (χ1) is 7.18. The third kappa shape index (κ3) is 1.94. The summed E-state index contributed by atoms with van der Waals surface area (Å²) in [6, 6.07) is 6.87. The molecule has 1 aliphatic heterocycles. The Morgan fingerprint density at radius 1 is 1.53 bits per heavy atom. The van der Waals surface area contributed by atoms with Gasteiger partial charge in [-0.1, -0.05) is 29.8 Å². The first kappa shape index (κ1) is 9.98. The predicted octanol–water partition coefficient (Wildman–Crippen LogP) is 1.89. The standard InChI is InChI=1S/C10H8ClNO3/c11-7-4-2-1-3-6(7)8-5-15-9(12-8)10(13)14/h1-4,8H,5H2,(H,13,14). The molecule has 1 aromatic rings. The number of hydrogen-bond acceptors (Lipinski definition) is 3. The van der Waals surface area contributed by atoms with Crippen LogP contribution in [-0.2, 0) is 9.53 Å². The second kappa shape index (κ2) is 3.90. The third-order valence-corrected chi connectivity index (χ3v) is 2.44. The Hall–Kier alpha value is -1.55. The number of aliphatic imine (C=N–C) groups is 1. The van der Waals surface area contributed by atoms with E-state index < -0.39 is 5.97 Å². The van der Waals surface area contributed by atoms with E-state index in [-0.39, 0.29) is 18.5 Å². The highest BCUT2D eigenvalue weighted by Crippen LogP contribution is 2.28. The molecule has 0 amide bonds. The van der Waals surface area contributed by atoms with Gasteiger partial charge in [0.05, 0.1) is 0 Å².